The Labute approximate surface area is 191 Å². The first-order valence-corrected chi connectivity index (χ1v) is 10.9. The number of amides is 1. The highest BCUT2D eigenvalue weighted by Crippen LogP contribution is 2.44. The standard InChI is InChI=1S/C22H16ClN3O5S/c1-11-24-25-22(32-11)26-18(12-3-2-4-14(23)9-12)17(20(28)21(26)29)19(27)13-5-6-15-16(10-13)31-8-7-30-15/h2-6,9-10,18,27H,7-8H2,1H3/b19-17+. The molecule has 1 fully saturated rings. The molecule has 8 nitrogen and oxygen atoms in total. The number of nitrogens with zero attached hydrogens (tertiary/aromatic N) is 3. The van der Waals surface area contributed by atoms with E-state index in [2.05, 4.69) is 10.2 Å². The maximum absolute atomic E-state index is 13.1. The van der Waals surface area contributed by atoms with Gasteiger partial charge in [0.2, 0.25) is 5.13 Å². The second-order valence-electron chi connectivity index (χ2n) is 7.19. The van der Waals surface area contributed by atoms with Crippen molar-refractivity contribution in [2.45, 2.75) is 13.0 Å². The lowest BCUT2D eigenvalue weighted by molar-refractivity contribution is -0.132. The van der Waals surface area contributed by atoms with Crippen LogP contribution in [-0.4, -0.2) is 40.2 Å². The van der Waals surface area contributed by atoms with Gasteiger partial charge in [0.15, 0.2) is 11.5 Å². The minimum Gasteiger partial charge on any atom is -0.507 e. The van der Waals surface area contributed by atoms with Crippen molar-refractivity contribution in [1.29, 1.82) is 0 Å². The molecule has 2 aromatic carbocycles. The molecule has 0 aliphatic carbocycles. The van der Waals surface area contributed by atoms with Gasteiger partial charge in [0, 0.05) is 10.6 Å². The molecule has 1 aromatic heterocycles. The van der Waals surface area contributed by atoms with Gasteiger partial charge in [0.25, 0.3) is 5.78 Å². The number of halogens is 1. The summed E-state index contributed by atoms with van der Waals surface area (Å²) in [6, 6.07) is 10.7. The molecular formula is C22H16ClN3O5S. The molecule has 1 atom stereocenters. The maximum Gasteiger partial charge on any atom is 0.301 e. The number of carbonyl (C=O) groups is 2. The van der Waals surface area contributed by atoms with Gasteiger partial charge >= 0.3 is 5.91 Å². The van der Waals surface area contributed by atoms with E-state index in [0.29, 0.717) is 45.9 Å². The van der Waals surface area contributed by atoms with E-state index >= 15 is 0 Å². The highest BCUT2D eigenvalue weighted by molar-refractivity contribution is 7.15. The number of aryl methyl sites for hydroxylation is 1. The van der Waals surface area contributed by atoms with Gasteiger partial charge in [-0.2, -0.15) is 0 Å². The van der Waals surface area contributed by atoms with Crippen molar-refractivity contribution in [3.63, 3.8) is 0 Å². The predicted molar refractivity (Wildman–Crippen MR) is 118 cm³/mol. The number of aliphatic hydroxyl groups excluding tert-OH is 1. The number of ether oxygens (including phenoxy) is 2. The number of aliphatic hydroxyl groups is 1. The molecule has 10 heteroatoms. The number of aromatic nitrogens is 2. The molecule has 162 valence electrons. The van der Waals surface area contributed by atoms with Crippen molar-refractivity contribution in [3.05, 3.63) is 69.2 Å². The minimum absolute atomic E-state index is 0.0678. The van der Waals surface area contributed by atoms with E-state index in [9.17, 15) is 14.7 Å². The zero-order chi connectivity index (χ0) is 22.4. The predicted octanol–water partition coefficient (Wildman–Crippen LogP) is 3.90. The van der Waals surface area contributed by atoms with Crippen LogP contribution in [0.15, 0.2) is 48.0 Å². The van der Waals surface area contributed by atoms with Gasteiger partial charge in [-0.05, 0) is 42.8 Å². The Kier molecular flexibility index (Phi) is 5.07. The fraction of sp³-hybridized carbons (Fsp3) is 0.182. The quantitative estimate of drug-likeness (QED) is 0.352. The van der Waals surface area contributed by atoms with E-state index in [4.69, 9.17) is 21.1 Å². The number of ketones is 1. The van der Waals surface area contributed by atoms with Gasteiger partial charge < -0.3 is 14.6 Å². The first-order valence-electron chi connectivity index (χ1n) is 9.70. The number of hydrogen-bond acceptors (Lipinski definition) is 8. The summed E-state index contributed by atoms with van der Waals surface area (Å²) in [6.45, 7) is 2.56. The Morgan fingerprint density at radius 3 is 2.62 bits per heavy atom. The van der Waals surface area contributed by atoms with Crippen LogP contribution in [0.3, 0.4) is 0 Å². The van der Waals surface area contributed by atoms with Crippen molar-refractivity contribution in [1.82, 2.24) is 10.2 Å². The lowest BCUT2D eigenvalue weighted by atomic mass is 9.95. The van der Waals surface area contributed by atoms with Crippen LogP contribution < -0.4 is 14.4 Å². The van der Waals surface area contributed by atoms with Crippen LogP contribution in [0, 0.1) is 6.92 Å². The van der Waals surface area contributed by atoms with Crippen LogP contribution in [0.4, 0.5) is 5.13 Å². The summed E-state index contributed by atoms with van der Waals surface area (Å²) >= 11 is 7.37. The maximum atomic E-state index is 13.1. The van der Waals surface area contributed by atoms with Crippen molar-refractivity contribution >= 4 is 45.5 Å². The van der Waals surface area contributed by atoms with Crippen LogP contribution in [0.25, 0.3) is 5.76 Å². The molecule has 3 aromatic rings. The summed E-state index contributed by atoms with van der Waals surface area (Å²) in [5.41, 5.74) is 0.818. The van der Waals surface area contributed by atoms with Gasteiger partial charge in [0.05, 0.1) is 11.6 Å². The van der Waals surface area contributed by atoms with Crippen LogP contribution >= 0.6 is 22.9 Å². The van der Waals surface area contributed by atoms with Crippen LogP contribution in [0.5, 0.6) is 11.5 Å². The fourth-order valence-electron chi connectivity index (χ4n) is 3.75. The van der Waals surface area contributed by atoms with Crippen LogP contribution in [0.1, 0.15) is 22.2 Å². The Bertz CT molecular complexity index is 1290. The van der Waals surface area contributed by atoms with E-state index < -0.39 is 17.7 Å². The summed E-state index contributed by atoms with van der Waals surface area (Å²) in [5.74, 6) is -0.952. The average molecular weight is 470 g/mol. The van der Waals surface area contributed by atoms with E-state index in [1.807, 2.05) is 0 Å². The van der Waals surface area contributed by atoms with Crippen LogP contribution in [0.2, 0.25) is 5.02 Å². The fourth-order valence-corrected chi connectivity index (χ4v) is 4.66. The Balaban J connectivity index is 1.70. The molecular weight excluding hydrogens is 454 g/mol. The number of fused-ring (bicyclic) bond motifs is 1. The molecule has 1 N–H and O–H groups in total. The van der Waals surface area contributed by atoms with E-state index in [0.717, 1.165) is 0 Å². The highest BCUT2D eigenvalue weighted by Gasteiger charge is 2.48. The van der Waals surface area contributed by atoms with Crippen molar-refractivity contribution in [2.24, 2.45) is 0 Å². The van der Waals surface area contributed by atoms with Gasteiger partial charge in [-0.1, -0.05) is 35.1 Å². The molecule has 0 spiro atoms. The third-order valence-corrected chi connectivity index (χ3v) is 6.22. The number of Topliss-reactive ketones (excluding diaryl/α,β-unsaturated/α-hetero) is 1. The molecule has 0 bridgehead atoms. The monoisotopic (exact) mass is 469 g/mol. The molecule has 5 rings (SSSR count). The van der Waals surface area contributed by atoms with E-state index in [1.54, 1.807) is 49.4 Å². The van der Waals surface area contributed by atoms with Crippen LogP contribution in [-0.2, 0) is 9.59 Å². The number of carbonyl (C=O) groups excluding carboxylic acids is 2. The van der Waals surface area contributed by atoms with Gasteiger partial charge in [-0.25, -0.2) is 0 Å². The molecule has 0 radical (unpaired) electrons. The molecule has 2 aliphatic heterocycles. The van der Waals surface area contributed by atoms with Crippen molar-refractivity contribution in [2.75, 3.05) is 18.1 Å². The first kappa shape index (κ1) is 20.5. The Hall–Kier alpha value is -3.43. The average Bonchev–Trinajstić information content (AvgIpc) is 3.33. The summed E-state index contributed by atoms with van der Waals surface area (Å²) in [5, 5.41) is 20.6. The first-order chi connectivity index (χ1) is 15.4. The molecule has 3 heterocycles. The van der Waals surface area contributed by atoms with Crippen molar-refractivity contribution < 1.29 is 24.2 Å². The molecule has 32 heavy (non-hydrogen) atoms. The van der Waals surface area contributed by atoms with Gasteiger partial charge in [0.1, 0.15) is 24.0 Å². The third-order valence-electron chi connectivity index (χ3n) is 5.15. The Morgan fingerprint density at radius 1 is 1.12 bits per heavy atom. The summed E-state index contributed by atoms with van der Waals surface area (Å²) < 4.78 is 11.1. The number of benzene rings is 2. The highest BCUT2D eigenvalue weighted by atomic mass is 35.5. The molecule has 0 saturated carbocycles. The largest absolute Gasteiger partial charge is 0.507 e. The zero-order valence-corrected chi connectivity index (χ0v) is 18.3. The minimum atomic E-state index is -0.922. The van der Waals surface area contributed by atoms with E-state index in [-0.39, 0.29) is 16.5 Å². The summed E-state index contributed by atoms with van der Waals surface area (Å²) in [6.07, 6.45) is 0. The molecule has 1 saturated heterocycles. The zero-order valence-electron chi connectivity index (χ0n) is 16.7. The lowest BCUT2D eigenvalue weighted by Gasteiger charge is -2.23. The Morgan fingerprint density at radius 2 is 1.91 bits per heavy atom. The van der Waals surface area contributed by atoms with E-state index in [1.165, 1.54) is 16.2 Å². The number of hydrogen-bond donors (Lipinski definition) is 1. The summed E-state index contributed by atoms with van der Waals surface area (Å²) in [4.78, 5) is 27.4. The molecule has 1 unspecified atom stereocenters. The smallest absolute Gasteiger partial charge is 0.301 e. The molecule has 2 aliphatic rings. The van der Waals surface area contributed by atoms with Gasteiger partial charge in [-0.3, -0.25) is 14.5 Å². The number of anilines is 1. The number of rotatable bonds is 3. The topological polar surface area (TPSA) is 102 Å². The normalized spacial score (nSPS) is 19.4. The lowest BCUT2D eigenvalue weighted by Crippen LogP contribution is -2.29. The second-order valence-corrected chi connectivity index (χ2v) is 8.78. The SMILES string of the molecule is Cc1nnc(N2C(=O)C(=O)/C(=C(/O)c3ccc4c(c3)OCCO4)C2c2cccc(Cl)c2)s1. The third kappa shape index (κ3) is 3.39. The van der Waals surface area contributed by atoms with Gasteiger partial charge in [-0.15, -0.1) is 10.2 Å². The molecule has 1 amide bonds. The second kappa shape index (κ2) is 7.92. The summed E-state index contributed by atoms with van der Waals surface area (Å²) in [7, 11) is 0. The van der Waals surface area contributed by atoms with Crippen molar-refractivity contribution in [3.8, 4) is 11.5 Å².